The third-order valence-corrected chi connectivity index (χ3v) is 5.14. The van der Waals surface area contributed by atoms with E-state index < -0.39 is 5.97 Å². The molecule has 0 heterocycles. The minimum atomic E-state index is -0.764. The first kappa shape index (κ1) is 16.7. The first-order chi connectivity index (χ1) is 11.0. The zero-order valence-electron chi connectivity index (χ0n) is 13.0. The maximum atomic E-state index is 13.7. The van der Waals surface area contributed by atoms with Crippen LogP contribution in [0.5, 0.6) is 0 Å². The van der Waals surface area contributed by atoms with E-state index in [2.05, 4.69) is 10.2 Å². The van der Waals surface area contributed by atoms with Crippen LogP contribution in [0, 0.1) is 11.7 Å². The lowest BCUT2D eigenvalue weighted by atomic mass is 9.85. The van der Waals surface area contributed by atoms with Crippen LogP contribution in [0.2, 0.25) is 5.02 Å². The highest BCUT2D eigenvalue weighted by atomic mass is 35.5. The minimum absolute atomic E-state index is 0.118. The van der Waals surface area contributed by atoms with Gasteiger partial charge in [0.05, 0.1) is 6.54 Å². The topological polar surface area (TPSA) is 52.6 Å². The Morgan fingerprint density at radius 3 is 2.74 bits per heavy atom. The van der Waals surface area contributed by atoms with Gasteiger partial charge in [0.25, 0.3) is 0 Å². The van der Waals surface area contributed by atoms with Crippen molar-refractivity contribution in [2.24, 2.45) is 5.92 Å². The van der Waals surface area contributed by atoms with Crippen molar-refractivity contribution in [1.82, 2.24) is 10.2 Å². The summed E-state index contributed by atoms with van der Waals surface area (Å²) in [5.74, 6) is -0.374. The number of hydrogen-bond donors (Lipinski definition) is 2. The summed E-state index contributed by atoms with van der Waals surface area (Å²) in [6.07, 6.45) is 4.25. The summed E-state index contributed by atoms with van der Waals surface area (Å²) in [6.45, 7) is 1.42. The molecule has 0 aliphatic heterocycles. The van der Waals surface area contributed by atoms with Gasteiger partial charge in [-0.3, -0.25) is 9.69 Å². The van der Waals surface area contributed by atoms with Gasteiger partial charge in [-0.1, -0.05) is 17.7 Å². The molecule has 0 radical (unpaired) electrons. The molecular formula is C17H22ClFN2O2. The smallest absolute Gasteiger partial charge is 0.317 e. The average molecular weight is 341 g/mol. The van der Waals surface area contributed by atoms with Crippen molar-refractivity contribution >= 4 is 17.6 Å². The molecule has 0 saturated heterocycles. The highest BCUT2D eigenvalue weighted by Crippen LogP contribution is 2.34. The molecule has 1 aromatic carbocycles. The molecule has 2 aliphatic carbocycles. The Labute approximate surface area is 140 Å². The van der Waals surface area contributed by atoms with Crippen LogP contribution in [-0.2, 0) is 11.3 Å². The summed E-state index contributed by atoms with van der Waals surface area (Å²) in [7, 11) is 0. The predicted molar refractivity (Wildman–Crippen MR) is 87.0 cm³/mol. The number of rotatable bonds is 8. The summed E-state index contributed by atoms with van der Waals surface area (Å²) in [4.78, 5) is 13.1. The summed E-state index contributed by atoms with van der Waals surface area (Å²) in [6, 6.07) is 5.32. The molecule has 0 unspecified atom stereocenters. The molecule has 6 heteroatoms. The van der Waals surface area contributed by atoms with E-state index in [1.54, 1.807) is 12.1 Å². The van der Waals surface area contributed by atoms with Crippen molar-refractivity contribution < 1.29 is 14.3 Å². The Hall–Kier alpha value is -1.17. The van der Waals surface area contributed by atoms with Crippen LogP contribution >= 0.6 is 11.6 Å². The van der Waals surface area contributed by atoms with Crippen molar-refractivity contribution in [3.05, 3.63) is 34.6 Å². The van der Waals surface area contributed by atoms with Crippen molar-refractivity contribution in [2.45, 2.75) is 44.3 Å². The molecule has 0 aromatic heterocycles. The van der Waals surface area contributed by atoms with Gasteiger partial charge in [-0.25, -0.2) is 4.39 Å². The van der Waals surface area contributed by atoms with Crippen LogP contribution in [0.3, 0.4) is 0 Å². The molecule has 2 N–H and O–H groups in total. The fourth-order valence-electron chi connectivity index (χ4n) is 3.15. The molecule has 2 fully saturated rings. The highest BCUT2D eigenvalue weighted by molar-refractivity contribution is 6.31. The fraction of sp³-hybridized carbons (Fsp3) is 0.588. The van der Waals surface area contributed by atoms with Gasteiger partial charge in [0, 0.05) is 35.8 Å². The molecule has 0 bridgehead atoms. The Balaban J connectivity index is 1.47. The van der Waals surface area contributed by atoms with Crippen molar-refractivity contribution in [3.63, 3.8) is 0 Å². The van der Waals surface area contributed by atoms with Crippen molar-refractivity contribution in [3.8, 4) is 0 Å². The van der Waals surface area contributed by atoms with Gasteiger partial charge >= 0.3 is 5.97 Å². The minimum Gasteiger partial charge on any atom is -0.480 e. The number of benzene rings is 1. The Kier molecular flexibility index (Phi) is 5.19. The molecule has 126 valence electrons. The second-order valence-corrected chi connectivity index (χ2v) is 7.08. The Morgan fingerprint density at radius 1 is 1.39 bits per heavy atom. The van der Waals surface area contributed by atoms with E-state index in [1.165, 1.54) is 18.9 Å². The van der Waals surface area contributed by atoms with Gasteiger partial charge in [0.1, 0.15) is 5.82 Å². The number of halogens is 2. The number of carbonyl (C=O) groups is 1. The molecular weight excluding hydrogens is 319 g/mol. The lowest BCUT2D eigenvalue weighted by Gasteiger charge is -2.43. The SMILES string of the molecule is O=C(O)CN(CC1CC1)C1CC(NCc2c(F)cccc2Cl)C1. The second-order valence-electron chi connectivity index (χ2n) is 6.67. The number of hydrogen-bond acceptors (Lipinski definition) is 3. The van der Waals surface area contributed by atoms with E-state index in [0.717, 1.165) is 19.4 Å². The van der Waals surface area contributed by atoms with E-state index >= 15 is 0 Å². The van der Waals surface area contributed by atoms with Crippen LogP contribution < -0.4 is 5.32 Å². The van der Waals surface area contributed by atoms with Crippen LogP contribution in [0.4, 0.5) is 4.39 Å². The summed E-state index contributed by atoms with van der Waals surface area (Å²) >= 11 is 6.02. The first-order valence-corrected chi connectivity index (χ1v) is 8.53. The third kappa shape index (κ3) is 4.43. The van der Waals surface area contributed by atoms with Gasteiger partial charge in [-0.05, 0) is 43.7 Å². The summed E-state index contributed by atoms with van der Waals surface area (Å²) in [5, 5.41) is 12.8. The standard InChI is InChI=1S/C17H22ClFN2O2/c18-15-2-1-3-16(19)14(15)8-20-12-6-13(7-12)21(10-17(22)23)9-11-4-5-11/h1-3,11-13,20H,4-10H2,(H,22,23). The highest BCUT2D eigenvalue weighted by Gasteiger charge is 2.36. The first-order valence-electron chi connectivity index (χ1n) is 8.15. The van der Waals surface area contributed by atoms with Crippen LogP contribution in [0.1, 0.15) is 31.2 Å². The molecule has 0 atom stereocenters. The van der Waals surface area contributed by atoms with E-state index in [4.69, 9.17) is 16.7 Å². The zero-order valence-corrected chi connectivity index (χ0v) is 13.7. The van der Waals surface area contributed by atoms with Crippen molar-refractivity contribution in [2.75, 3.05) is 13.1 Å². The van der Waals surface area contributed by atoms with Gasteiger partial charge in [0.15, 0.2) is 0 Å². The van der Waals surface area contributed by atoms with E-state index in [9.17, 15) is 9.18 Å². The van der Waals surface area contributed by atoms with Crippen LogP contribution in [-0.4, -0.2) is 41.1 Å². The zero-order chi connectivity index (χ0) is 16.4. The number of nitrogens with one attached hydrogen (secondary N) is 1. The number of carboxylic acids is 1. The molecule has 0 amide bonds. The molecule has 1 aromatic rings. The normalized spacial score (nSPS) is 23.8. The lowest BCUT2D eigenvalue weighted by Crippen LogP contribution is -2.54. The maximum Gasteiger partial charge on any atom is 0.317 e. The van der Waals surface area contributed by atoms with Gasteiger partial charge in [-0.15, -0.1) is 0 Å². The predicted octanol–water partition coefficient (Wildman–Crippen LogP) is 2.90. The number of aliphatic carboxylic acids is 1. The third-order valence-electron chi connectivity index (χ3n) is 4.79. The largest absolute Gasteiger partial charge is 0.480 e. The van der Waals surface area contributed by atoms with E-state index in [1.807, 2.05) is 0 Å². The lowest BCUT2D eigenvalue weighted by molar-refractivity contribution is -0.139. The molecule has 2 saturated carbocycles. The number of nitrogens with zero attached hydrogens (tertiary/aromatic N) is 1. The number of carboxylic acid groups (broad SMARTS) is 1. The summed E-state index contributed by atoms with van der Waals surface area (Å²) in [5.41, 5.74) is 0.498. The van der Waals surface area contributed by atoms with E-state index in [-0.39, 0.29) is 12.4 Å². The monoisotopic (exact) mass is 340 g/mol. The van der Waals surface area contributed by atoms with E-state index in [0.29, 0.717) is 35.1 Å². The molecule has 4 nitrogen and oxygen atoms in total. The fourth-order valence-corrected chi connectivity index (χ4v) is 3.38. The molecule has 3 rings (SSSR count). The van der Waals surface area contributed by atoms with Crippen LogP contribution in [0.25, 0.3) is 0 Å². The Bertz CT molecular complexity index is 553. The second kappa shape index (κ2) is 7.16. The Morgan fingerprint density at radius 2 is 2.13 bits per heavy atom. The average Bonchev–Trinajstić information content (AvgIpc) is 3.23. The van der Waals surface area contributed by atoms with Gasteiger partial charge < -0.3 is 10.4 Å². The van der Waals surface area contributed by atoms with Gasteiger partial charge in [-0.2, -0.15) is 0 Å². The van der Waals surface area contributed by atoms with Gasteiger partial charge in [0.2, 0.25) is 0 Å². The molecule has 0 spiro atoms. The maximum absolute atomic E-state index is 13.7. The van der Waals surface area contributed by atoms with Crippen LogP contribution in [0.15, 0.2) is 18.2 Å². The molecule has 23 heavy (non-hydrogen) atoms. The molecule has 2 aliphatic rings. The quantitative estimate of drug-likeness (QED) is 0.764. The van der Waals surface area contributed by atoms with Crippen molar-refractivity contribution in [1.29, 1.82) is 0 Å². The summed E-state index contributed by atoms with van der Waals surface area (Å²) < 4.78 is 13.7.